The number of rotatable bonds is 2. The lowest BCUT2D eigenvalue weighted by atomic mass is 10.1. The van der Waals surface area contributed by atoms with Crippen molar-refractivity contribution in [1.82, 2.24) is 4.98 Å². The molecular formula is C11H15N3O2. The molecule has 2 heterocycles. The number of amides is 1. The van der Waals surface area contributed by atoms with E-state index in [0.29, 0.717) is 18.1 Å². The minimum Gasteiger partial charge on any atom is -0.384 e. The first-order valence-corrected chi connectivity index (χ1v) is 5.29. The number of nitrogens with two attached hydrogens (primary N) is 1. The summed E-state index contributed by atoms with van der Waals surface area (Å²) in [5.41, 5.74) is 6.12. The van der Waals surface area contributed by atoms with Crippen LogP contribution in [0.2, 0.25) is 0 Å². The smallest absolute Gasteiger partial charge is 0.229 e. The van der Waals surface area contributed by atoms with Gasteiger partial charge >= 0.3 is 0 Å². The van der Waals surface area contributed by atoms with Crippen molar-refractivity contribution in [2.45, 2.75) is 19.4 Å². The number of pyridine rings is 1. The van der Waals surface area contributed by atoms with E-state index in [0.717, 1.165) is 6.42 Å². The molecular weight excluding hydrogens is 206 g/mol. The predicted molar refractivity (Wildman–Crippen MR) is 60.8 cm³/mol. The summed E-state index contributed by atoms with van der Waals surface area (Å²) in [6, 6.07) is 3.39. The standard InChI is InChI=1S/C11H15N3O2/c1-7-4-8(6-16-7)11(15)14-9-2-3-10(12)13-5-9/h2-3,5,7-8H,4,6H2,1H3,(H2,12,13)(H,14,15). The maximum absolute atomic E-state index is 11.8. The molecule has 0 aliphatic carbocycles. The third kappa shape index (κ3) is 2.49. The fraction of sp³-hybridized carbons (Fsp3) is 0.455. The zero-order valence-corrected chi connectivity index (χ0v) is 9.14. The lowest BCUT2D eigenvalue weighted by Gasteiger charge is -2.08. The zero-order chi connectivity index (χ0) is 11.5. The molecule has 1 amide bonds. The Hall–Kier alpha value is -1.62. The van der Waals surface area contributed by atoms with Crippen LogP contribution in [0.1, 0.15) is 13.3 Å². The van der Waals surface area contributed by atoms with Crippen LogP contribution in [0.4, 0.5) is 11.5 Å². The van der Waals surface area contributed by atoms with E-state index in [1.54, 1.807) is 18.3 Å². The summed E-state index contributed by atoms with van der Waals surface area (Å²) >= 11 is 0. The first-order valence-electron chi connectivity index (χ1n) is 5.29. The van der Waals surface area contributed by atoms with Crippen LogP contribution < -0.4 is 11.1 Å². The Morgan fingerprint density at radius 1 is 1.62 bits per heavy atom. The maximum atomic E-state index is 11.8. The number of carbonyl (C=O) groups is 1. The number of carbonyl (C=O) groups excluding carboxylic acids is 1. The molecule has 0 radical (unpaired) electrons. The number of nitrogen functional groups attached to an aromatic ring is 1. The van der Waals surface area contributed by atoms with Crippen LogP contribution in [0.3, 0.4) is 0 Å². The van der Waals surface area contributed by atoms with E-state index in [9.17, 15) is 4.79 Å². The molecule has 1 aliphatic rings. The van der Waals surface area contributed by atoms with Gasteiger partial charge in [-0.2, -0.15) is 0 Å². The molecule has 16 heavy (non-hydrogen) atoms. The fourth-order valence-electron chi connectivity index (χ4n) is 1.72. The Morgan fingerprint density at radius 2 is 2.44 bits per heavy atom. The van der Waals surface area contributed by atoms with Crippen molar-refractivity contribution in [1.29, 1.82) is 0 Å². The summed E-state index contributed by atoms with van der Waals surface area (Å²) < 4.78 is 5.35. The summed E-state index contributed by atoms with van der Waals surface area (Å²) in [5.74, 6) is 0.360. The van der Waals surface area contributed by atoms with Crippen LogP contribution in [-0.2, 0) is 9.53 Å². The second kappa shape index (κ2) is 4.49. The quantitative estimate of drug-likeness (QED) is 0.781. The highest BCUT2D eigenvalue weighted by Gasteiger charge is 2.28. The molecule has 1 aliphatic heterocycles. The summed E-state index contributed by atoms with van der Waals surface area (Å²) in [7, 11) is 0. The second-order valence-corrected chi connectivity index (χ2v) is 4.04. The SMILES string of the molecule is CC1CC(C(=O)Nc2ccc(N)nc2)CO1. The largest absolute Gasteiger partial charge is 0.384 e. The molecule has 2 unspecified atom stereocenters. The topological polar surface area (TPSA) is 77.2 Å². The highest BCUT2D eigenvalue weighted by atomic mass is 16.5. The Balaban J connectivity index is 1.94. The second-order valence-electron chi connectivity index (χ2n) is 4.04. The molecule has 0 aromatic carbocycles. The number of nitrogens with zero attached hydrogens (tertiary/aromatic N) is 1. The van der Waals surface area contributed by atoms with Crippen LogP contribution in [0.15, 0.2) is 18.3 Å². The summed E-state index contributed by atoms with van der Waals surface area (Å²) in [5, 5.41) is 2.79. The van der Waals surface area contributed by atoms with Crippen LogP contribution in [-0.4, -0.2) is 23.6 Å². The molecule has 1 aromatic heterocycles. The van der Waals surface area contributed by atoms with E-state index in [2.05, 4.69) is 10.3 Å². The van der Waals surface area contributed by atoms with E-state index >= 15 is 0 Å². The molecule has 1 fully saturated rings. The lowest BCUT2D eigenvalue weighted by Crippen LogP contribution is -2.23. The highest BCUT2D eigenvalue weighted by molar-refractivity contribution is 5.92. The van der Waals surface area contributed by atoms with Gasteiger partial charge in [-0.05, 0) is 25.5 Å². The Labute approximate surface area is 94.0 Å². The van der Waals surface area contributed by atoms with Gasteiger partial charge in [0.1, 0.15) is 5.82 Å². The van der Waals surface area contributed by atoms with Gasteiger partial charge in [0, 0.05) is 0 Å². The monoisotopic (exact) mass is 221 g/mol. The molecule has 5 heteroatoms. The van der Waals surface area contributed by atoms with E-state index in [4.69, 9.17) is 10.5 Å². The van der Waals surface area contributed by atoms with Gasteiger partial charge in [0.05, 0.1) is 30.5 Å². The van der Waals surface area contributed by atoms with Gasteiger partial charge in [-0.3, -0.25) is 4.79 Å². The van der Waals surface area contributed by atoms with Gasteiger partial charge in [0.2, 0.25) is 5.91 Å². The number of hydrogen-bond donors (Lipinski definition) is 2. The van der Waals surface area contributed by atoms with Crippen LogP contribution >= 0.6 is 0 Å². The van der Waals surface area contributed by atoms with Crippen molar-refractivity contribution >= 4 is 17.4 Å². The average Bonchev–Trinajstić information content (AvgIpc) is 2.68. The first-order chi connectivity index (χ1) is 7.65. The maximum Gasteiger partial charge on any atom is 0.229 e. The average molecular weight is 221 g/mol. The molecule has 1 aromatic rings. The molecule has 0 bridgehead atoms. The van der Waals surface area contributed by atoms with Crippen molar-refractivity contribution in [3.8, 4) is 0 Å². The van der Waals surface area contributed by atoms with Crippen molar-refractivity contribution in [3.63, 3.8) is 0 Å². The van der Waals surface area contributed by atoms with Crippen molar-refractivity contribution < 1.29 is 9.53 Å². The van der Waals surface area contributed by atoms with Crippen LogP contribution in [0.5, 0.6) is 0 Å². The summed E-state index contributed by atoms with van der Waals surface area (Å²) in [6.45, 7) is 2.47. The number of hydrogen-bond acceptors (Lipinski definition) is 4. The Morgan fingerprint density at radius 3 is 3.00 bits per heavy atom. The van der Waals surface area contributed by atoms with Gasteiger partial charge in [-0.1, -0.05) is 0 Å². The third-order valence-electron chi connectivity index (χ3n) is 2.62. The van der Waals surface area contributed by atoms with Crippen LogP contribution in [0.25, 0.3) is 0 Å². The summed E-state index contributed by atoms with van der Waals surface area (Å²) in [6.07, 6.45) is 2.49. The molecule has 1 saturated heterocycles. The zero-order valence-electron chi connectivity index (χ0n) is 9.14. The Kier molecular flexibility index (Phi) is 3.05. The predicted octanol–water partition coefficient (Wildman–Crippen LogP) is 1.03. The normalized spacial score (nSPS) is 24.3. The lowest BCUT2D eigenvalue weighted by molar-refractivity contribution is -0.119. The molecule has 86 valence electrons. The third-order valence-corrected chi connectivity index (χ3v) is 2.62. The van der Waals surface area contributed by atoms with E-state index < -0.39 is 0 Å². The highest BCUT2D eigenvalue weighted by Crippen LogP contribution is 2.20. The number of anilines is 2. The van der Waals surface area contributed by atoms with Gasteiger partial charge in [-0.25, -0.2) is 4.98 Å². The van der Waals surface area contributed by atoms with Gasteiger partial charge in [0.15, 0.2) is 0 Å². The van der Waals surface area contributed by atoms with Crippen LogP contribution in [0, 0.1) is 5.92 Å². The fourth-order valence-corrected chi connectivity index (χ4v) is 1.72. The van der Waals surface area contributed by atoms with Crippen molar-refractivity contribution in [3.05, 3.63) is 18.3 Å². The van der Waals surface area contributed by atoms with Crippen molar-refractivity contribution in [2.24, 2.45) is 5.92 Å². The van der Waals surface area contributed by atoms with Gasteiger partial charge < -0.3 is 15.8 Å². The minimum absolute atomic E-state index is 0.0177. The summed E-state index contributed by atoms with van der Waals surface area (Å²) in [4.78, 5) is 15.7. The molecule has 0 spiro atoms. The Bertz CT molecular complexity index is 377. The number of aromatic nitrogens is 1. The molecule has 5 nitrogen and oxygen atoms in total. The van der Waals surface area contributed by atoms with Gasteiger partial charge in [-0.15, -0.1) is 0 Å². The minimum atomic E-state index is -0.0625. The van der Waals surface area contributed by atoms with E-state index in [1.165, 1.54) is 0 Å². The molecule has 2 atom stereocenters. The van der Waals surface area contributed by atoms with Crippen molar-refractivity contribution in [2.75, 3.05) is 17.7 Å². The van der Waals surface area contributed by atoms with Gasteiger partial charge in [0.25, 0.3) is 0 Å². The molecule has 3 N–H and O–H groups in total. The number of ether oxygens (including phenoxy) is 1. The van der Waals surface area contributed by atoms with E-state index in [1.807, 2.05) is 6.92 Å². The van der Waals surface area contributed by atoms with E-state index in [-0.39, 0.29) is 17.9 Å². The number of nitrogens with one attached hydrogen (secondary N) is 1. The molecule has 2 rings (SSSR count). The molecule has 0 saturated carbocycles. The first kappa shape index (κ1) is 10.9.